The summed E-state index contributed by atoms with van der Waals surface area (Å²) in [5.41, 5.74) is 0.337. The van der Waals surface area contributed by atoms with E-state index in [1.165, 1.54) is 0 Å². The van der Waals surface area contributed by atoms with Gasteiger partial charge in [0, 0.05) is 11.5 Å². The summed E-state index contributed by atoms with van der Waals surface area (Å²) in [7, 11) is 0. The van der Waals surface area contributed by atoms with Crippen molar-refractivity contribution in [1.29, 1.82) is 0 Å². The van der Waals surface area contributed by atoms with E-state index in [9.17, 15) is 20.1 Å². The SMILES string of the molecule is CCc1cc2c(c(O)c1O)C13CCCC(C)(C)C1C(OC3=O)C2O. The Bertz CT molecular complexity index is 738. The van der Waals surface area contributed by atoms with Crippen LogP contribution in [0.4, 0.5) is 0 Å². The molecule has 4 unspecified atom stereocenters. The third-order valence-electron chi connectivity index (χ3n) is 6.54. The van der Waals surface area contributed by atoms with Gasteiger partial charge < -0.3 is 20.1 Å². The van der Waals surface area contributed by atoms with Crippen molar-refractivity contribution in [2.24, 2.45) is 11.3 Å². The maximum Gasteiger partial charge on any atom is 0.317 e. The summed E-state index contributed by atoms with van der Waals surface area (Å²) in [6.07, 6.45) is 1.33. The minimum absolute atomic E-state index is 0.182. The van der Waals surface area contributed by atoms with Crippen LogP contribution >= 0.6 is 0 Å². The van der Waals surface area contributed by atoms with Crippen molar-refractivity contribution in [1.82, 2.24) is 0 Å². The number of aromatic hydroxyl groups is 2. The number of phenols is 2. The number of aliphatic hydroxyl groups excluding tert-OH is 1. The summed E-state index contributed by atoms with van der Waals surface area (Å²) < 4.78 is 5.64. The number of aliphatic hydroxyl groups is 1. The number of hydrogen-bond donors (Lipinski definition) is 3. The van der Waals surface area contributed by atoms with Crippen molar-refractivity contribution in [3.05, 3.63) is 22.8 Å². The van der Waals surface area contributed by atoms with E-state index < -0.39 is 17.6 Å². The van der Waals surface area contributed by atoms with Crippen LogP contribution in [0.5, 0.6) is 11.5 Å². The minimum Gasteiger partial charge on any atom is -0.504 e. The molecule has 5 heteroatoms. The van der Waals surface area contributed by atoms with Crippen LogP contribution in [-0.2, 0) is 21.4 Å². The number of esters is 1. The first-order chi connectivity index (χ1) is 11.3. The van der Waals surface area contributed by atoms with Crippen molar-refractivity contribution in [2.75, 3.05) is 0 Å². The van der Waals surface area contributed by atoms with Gasteiger partial charge >= 0.3 is 5.97 Å². The van der Waals surface area contributed by atoms with Crippen LogP contribution in [0, 0.1) is 11.3 Å². The van der Waals surface area contributed by atoms with Crippen LogP contribution < -0.4 is 0 Å². The Morgan fingerprint density at radius 1 is 1.25 bits per heavy atom. The third kappa shape index (κ3) is 1.61. The predicted molar refractivity (Wildman–Crippen MR) is 86.8 cm³/mol. The number of aryl methyl sites for hydroxylation is 1. The van der Waals surface area contributed by atoms with Gasteiger partial charge in [-0.15, -0.1) is 0 Å². The fourth-order valence-electron chi connectivity index (χ4n) is 5.57. The average molecular weight is 332 g/mol. The van der Waals surface area contributed by atoms with Gasteiger partial charge in [-0.3, -0.25) is 4.79 Å². The first kappa shape index (κ1) is 15.8. The Labute approximate surface area is 141 Å². The molecule has 1 saturated carbocycles. The Balaban J connectivity index is 2.07. The summed E-state index contributed by atoms with van der Waals surface area (Å²) >= 11 is 0. The summed E-state index contributed by atoms with van der Waals surface area (Å²) in [5.74, 6) is -1.02. The lowest BCUT2D eigenvalue weighted by molar-refractivity contribution is -0.148. The van der Waals surface area contributed by atoms with Crippen molar-refractivity contribution in [3.63, 3.8) is 0 Å². The van der Waals surface area contributed by atoms with Gasteiger partial charge in [0.25, 0.3) is 0 Å². The molecule has 130 valence electrons. The Morgan fingerprint density at radius 3 is 2.62 bits per heavy atom. The average Bonchev–Trinajstić information content (AvgIpc) is 2.79. The molecule has 0 radical (unpaired) electrons. The van der Waals surface area contributed by atoms with Gasteiger partial charge in [0.1, 0.15) is 17.6 Å². The van der Waals surface area contributed by atoms with Gasteiger partial charge in [0.15, 0.2) is 11.5 Å². The van der Waals surface area contributed by atoms with E-state index in [2.05, 4.69) is 13.8 Å². The fraction of sp³-hybridized carbons (Fsp3) is 0.632. The van der Waals surface area contributed by atoms with Crippen molar-refractivity contribution in [3.8, 4) is 11.5 Å². The van der Waals surface area contributed by atoms with Crippen LogP contribution in [0.15, 0.2) is 6.07 Å². The molecule has 1 aromatic rings. The molecule has 3 aliphatic rings. The van der Waals surface area contributed by atoms with Crippen LogP contribution in [0.25, 0.3) is 0 Å². The Hall–Kier alpha value is -1.75. The summed E-state index contributed by atoms with van der Waals surface area (Å²) in [4.78, 5) is 12.9. The van der Waals surface area contributed by atoms with Crippen molar-refractivity contribution >= 4 is 5.97 Å². The smallest absolute Gasteiger partial charge is 0.317 e. The van der Waals surface area contributed by atoms with E-state index in [1.54, 1.807) is 6.07 Å². The third-order valence-corrected chi connectivity index (χ3v) is 6.54. The lowest BCUT2D eigenvalue weighted by atomic mass is 9.49. The molecule has 2 bridgehead atoms. The highest BCUT2D eigenvalue weighted by atomic mass is 16.6. The Morgan fingerprint density at radius 2 is 1.96 bits per heavy atom. The molecule has 1 saturated heterocycles. The quantitative estimate of drug-likeness (QED) is 0.544. The van der Waals surface area contributed by atoms with Gasteiger partial charge in [-0.2, -0.15) is 0 Å². The van der Waals surface area contributed by atoms with Crippen LogP contribution in [0.2, 0.25) is 0 Å². The van der Waals surface area contributed by atoms with Gasteiger partial charge in [0.05, 0.1) is 0 Å². The molecule has 2 aliphatic carbocycles. The highest BCUT2D eigenvalue weighted by Crippen LogP contribution is 2.66. The molecule has 1 aromatic carbocycles. The van der Waals surface area contributed by atoms with E-state index in [-0.39, 0.29) is 28.8 Å². The number of phenolic OH excluding ortho intramolecular Hbond substituents is 2. The van der Waals surface area contributed by atoms with Gasteiger partial charge in [-0.1, -0.05) is 27.2 Å². The number of fused-ring (bicyclic) bond motifs is 1. The van der Waals surface area contributed by atoms with Crippen molar-refractivity contribution in [2.45, 2.75) is 64.1 Å². The lowest BCUT2D eigenvalue weighted by Gasteiger charge is -2.51. The van der Waals surface area contributed by atoms with Gasteiger partial charge in [-0.05, 0) is 41.9 Å². The standard InChI is InChI=1S/C19H24O5/c1-4-9-8-10-11(14(22)12(9)20)19-7-5-6-18(2,3)16(19)15(13(10)21)24-17(19)23/h8,13,15-16,20-22H,4-7H2,1-3H3. The van der Waals surface area contributed by atoms with E-state index in [0.717, 1.165) is 12.8 Å². The minimum atomic E-state index is -0.973. The lowest BCUT2D eigenvalue weighted by Crippen LogP contribution is -2.54. The molecule has 3 N–H and O–H groups in total. The predicted octanol–water partition coefficient (Wildman–Crippen LogP) is 2.70. The molecule has 2 fully saturated rings. The first-order valence-electron chi connectivity index (χ1n) is 8.73. The van der Waals surface area contributed by atoms with Crippen LogP contribution in [0.1, 0.15) is 62.8 Å². The van der Waals surface area contributed by atoms with Crippen LogP contribution in [-0.4, -0.2) is 27.4 Å². The summed E-state index contributed by atoms with van der Waals surface area (Å²) in [6.45, 7) is 6.06. The highest BCUT2D eigenvalue weighted by Gasteiger charge is 2.70. The number of rotatable bonds is 1. The molecular formula is C19H24O5. The maximum atomic E-state index is 12.9. The summed E-state index contributed by atoms with van der Waals surface area (Å²) in [5, 5.41) is 32.0. The van der Waals surface area contributed by atoms with E-state index >= 15 is 0 Å². The number of carbonyl (C=O) groups excluding carboxylic acids is 1. The zero-order valence-electron chi connectivity index (χ0n) is 14.3. The van der Waals surface area contributed by atoms with E-state index in [0.29, 0.717) is 29.5 Å². The van der Waals surface area contributed by atoms with Gasteiger partial charge in [-0.25, -0.2) is 0 Å². The van der Waals surface area contributed by atoms with Gasteiger partial charge in [0.2, 0.25) is 0 Å². The van der Waals surface area contributed by atoms with E-state index in [4.69, 9.17) is 4.74 Å². The number of benzene rings is 1. The molecule has 0 amide bonds. The monoisotopic (exact) mass is 332 g/mol. The molecule has 1 aliphatic heterocycles. The van der Waals surface area contributed by atoms with E-state index in [1.807, 2.05) is 6.92 Å². The molecule has 5 nitrogen and oxygen atoms in total. The van der Waals surface area contributed by atoms with Crippen LogP contribution in [0.3, 0.4) is 0 Å². The molecule has 0 aromatic heterocycles. The zero-order chi connectivity index (χ0) is 17.4. The second-order valence-electron chi connectivity index (χ2n) is 8.16. The fourth-order valence-corrected chi connectivity index (χ4v) is 5.57. The second-order valence-corrected chi connectivity index (χ2v) is 8.16. The van der Waals surface area contributed by atoms with Crippen molar-refractivity contribution < 1.29 is 24.9 Å². The summed E-state index contributed by atoms with van der Waals surface area (Å²) in [6, 6.07) is 1.73. The zero-order valence-corrected chi connectivity index (χ0v) is 14.3. The number of hydrogen-bond acceptors (Lipinski definition) is 5. The largest absolute Gasteiger partial charge is 0.504 e. The molecular weight excluding hydrogens is 308 g/mol. The number of carbonyl (C=O) groups is 1. The topological polar surface area (TPSA) is 87.0 Å². The maximum absolute atomic E-state index is 12.9. The molecule has 1 heterocycles. The number of ether oxygens (including phenoxy) is 1. The molecule has 4 atom stereocenters. The highest BCUT2D eigenvalue weighted by molar-refractivity contribution is 5.90. The Kier molecular flexibility index (Phi) is 3.06. The molecule has 0 spiro atoms. The molecule has 24 heavy (non-hydrogen) atoms. The first-order valence-corrected chi connectivity index (χ1v) is 8.73. The molecule has 4 rings (SSSR count). The normalized spacial score (nSPS) is 36.0. The second kappa shape index (κ2) is 4.66.